The number of carbonyl (C=O) groups is 1. The lowest BCUT2D eigenvalue weighted by Gasteiger charge is -2.07. The van der Waals surface area contributed by atoms with E-state index in [4.69, 9.17) is 4.74 Å². The summed E-state index contributed by atoms with van der Waals surface area (Å²) in [6.45, 7) is 1.98. The Morgan fingerprint density at radius 1 is 1.00 bits per heavy atom. The number of nitrogens with zero attached hydrogens (tertiary/aromatic N) is 1. The average Bonchev–Trinajstić information content (AvgIpc) is 2.48. The molecule has 0 saturated carbocycles. The van der Waals surface area contributed by atoms with Crippen molar-refractivity contribution in [1.82, 2.24) is 4.98 Å². The number of hydrogen-bond donors (Lipinski definition) is 0. The fourth-order valence-corrected chi connectivity index (χ4v) is 2.10. The number of para-hydroxylation sites is 1. The molecule has 2 aromatic carbocycles. The molecule has 1 aromatic heterocycles. The molecular formula is C17H13NO2. The van der Waals surface area contributed by atoms with Crippen LogP contribution in [-0.2, 0) is 0 Å². The van der Waals surface area contributed by atoms with Gasteiger partial charge in [0.05, 0.1) is 11.1 Å². The molecule has 0 atom stereocenters. The van der Waals surface area contributed by atoms with E-state index in [-0.39, 0.29) is 0 Å². The minimum atomic E-state index is -0.396. The molecule has 0 saturated heterocycles. The molecule has 0 amide bonds. The molecule has 3 nitrogen and oxygen atoms in total. The summed E-state index contributed by atoms with van der Waals surface area (Å²) in [5, 5.41) is 1.06. The molecule has 0 bridgehead atoms. The molecular weight excluding hydrogens is 250 g/mol. The van der Waals surface area contributed by atoms with E-state index >= 15 is 0 Å². The fraction of sp³-hybridized carbons (Fsp3) is 0.0588. The average molecular weight is 263 g/mol. The molecule has 0 radical (unpaired) electrons. The highest BCUT2D eigenvalue weighted by molar-refractivity contribution is 5.91. The van der Waals surface area contributed by atoms with Gasteiger partial charge >= 0.3 is 5.97 Å². The second-order valence-corrected chi connectivity index (χ2v) is 4.55. The molecule has 3 heteroatoms. The molecule has 0 aliphatic carbocycles. The van der Waals surface area contributed by atoms with Gasteiger partial charge in [-0.25, -0.2) is 9.78 Å². The van der Waals surface area contributed by atoms with Crippen molar-refractivity contribution in [1.29, 1.82) is 0 Å². The molecule has 0 N–H and O–H groups in total. The first-order valence-electron chi connectivity index (χ1n) is 6.37. The Morgan fingerprint density at radius 2 is 1.70 bits per heavy atom. The number of pyridine rings is 1. The third-order valence-corrected chi connectivity index (χ3v) is 3.11. The van der Waals surface area contributed by atoms with Crippen LogP contribution in [0.1, 0.15) is 15.9 Å². The Labute approximate surface area is 116 Å². The zero-order valence-electron chi connectivity index (χ0n) is 11.0. The first kappa shape index (κ1) is 12.4. The van der Waals surface area contributed by atoms with Gasteiger partial charge in [-0.05, 0) is 30.7 Å². The van der Waals surface area contributed by atoms with Gasteiger partial charge in [0.15, 0.2) is 0 Å². The Balaban J connectivity index is 1.94. The predicted octanol–water partition coefficient (Wildman–Crippen LogP) is 3.76. The van der Waals surface area contributed by atoms with Crippen LogP contribution >= 0.6 is 0 Å². The minimum absolute atomic E-state index is 0.329. The molecule has 0 aliphatic heterocycles. The summed E-state index contributed by atoms with van der Waals surface area (Å²) in [5.74, 6) is -0.0668. The first-order chi connectivity index (χ1) is 9.74. The van der Waals surface area contributed by atoms with E-state index in [1.54, 1.807) is 30.3 Å². The van der Waals surface area contributed by atoms with Crippen molar-refractivity contribution < 1.29 is 9.53 Å². The second kappa shape index (κ2) is 5.13. The summed E-state index contributed by atoms with van der Waals surface area (Å²) in [6, 6.07) is 18.5. The lowest BCUT2D eigenvalue weighted by Crippen LogP contribution is -2.09. The highest BCUT2D eigenvalue weighted by atomic mass is 16.5. The third kappa shape index (κ3) is 2.38. The van der Waals surface area contributed by atoms with E-state index in [0.29, 0.717) is 11.4 Å². The molecule has 0 spiro atoms. The molecule has 3 aromatic rings. The number of ether oxygens (including phenoxy) is 1. The topological polar surface area (TPSA) is 39.2 Å². The van der Waals surface area contributed by atoms with Gasteiger partial charge in [0.1, 0.15) is 0 Å². The van der Waals surface area contributed by atoms with Crippen molar-refractivity contribution in [2.45, 2.75) is 6.92 Å². The summed E-state index contributed by atoms with van der Waals surface area (Å²) in [7, 11) is 0. The van der Waals surface area contributed by atoms with Crippen molar-refractivity contribution >= 4 is 16.9 Å². The lowest BCUT2D eigenvalue weighted by atomic mass is 10.1. The van der Waals surface area contributed by atoms with E-state index in [1.165, 1.54) is 0 Å². The van der Waals surface area contributed by atoms with Crippen molar-refractivity contribution in [2.24, 2.45) is 0 Å². The van der Waals surface area contributed by atoms with Crippen molar-refractivity contribution in [2.75, 3.05) is 0 Å². The summed E-state index contributed by atoms with van der Waals surface area (Å²) >= 11 is 0. The Hall–Kier alpha value is -2.68. The summed E-state index contributed by atoms with van der Waals surface area (Å²) < 4.78 is 5.34. The smallest absolute Gasteiger partial charge is 0.344 e. The van der Waals surface area contributed by atoms with Crippen LogP contribution in [0.3, 0.4) is 0 Å². The van der Waals surface area contributed by atoms with Gasteiger partial charge < -0.3 is 4.74 Å². The molecule has 0 unspecified atom stereocenters. The van der Waals surface area contributed by atoms with Gasteiger partial charge in [0.25, 0.3) is 0 Å². The first-order valence-corrected chi connectivity index (χ1v) is 6.37. The number of benzene rings is 2. The van der Waals surface area contributed by atoms with E-state index in [9.17, 15) is 4.79 Å². The Morgan fingerprint density at radius 3 is 2.50 bits per heavy atom. The summed E-state index contributed by atoms with van der Waals surface area (Å²) in [4.78, 5) is 16.4. The number of aromatic nitrogens is 1. The summed E-state index contributed by atoms with van der Waals surface area (Å²) in [6.07, 6.45) is 0. The largest absolute Gasteiger partial charge is 0.404 e. The molecule has 20 heavy (non-hydrogen) atoms. The zero-order valence-corrected chi connectivity index (χ0v) is 11.0. The summed E-state index contributed by atoms with van der Waals surface area (Å²) in [5.41, 5.74) is 2.37. The molecule has 1 heterocycles. The van der Waals surface area contributed by atoms with Crippen LogP contribution in [0.25, 0.3) is 10.9 Å². The molecule has 0 fully saturated rings. The quantitative estimate of drug-likeness (QED) is 0.661. The fourth-order valence-electron chi connectivity index (χ4n) is 2.10. The Bertz CT molecular complexity index is 766. The SMILES string of the molecule is Cc1cc(OC(=O)c2ccccc2)nc2ccccc12. The highest BCUT2D eigenvalue weighted by Crippen LogP contribution is 2.21. The van der Waals surface area contributed by atoms with Crippen LogP contribution in [0.2, 0.25) is 0 Å². The molecule has 3 rings (SSSR count). The molecule has 0 aliphatic rings. The number of hydrogen-bond acceptors (Lipinski definition) is 3. The van der Waals surface area contributed by atoms with Gasteiger partial charge in [-0.2, -0.15) is 0 Å². The number of carbonyl (C=O) groups excluding carboxylic acids is 1. The normalized spacial score (nSPS) is 10.4. The highest BCUT2D eigenvalue weighted by Gasteiger charge is 2.10. The van der Waals surface area contributed by atoms with E-state index in [1.807, 2.05) is 37.3 Å². The van der Waals surface area contributed by atoms with Crippen LogP contribution in [0.15, 0.2) is 60.7 Å². The van der Waals surface area contributed by atoms with Gasteiger partial charge in [-0.15, -0.1) is 0 Å². The van der Waals surface area contributed by atoms with Gasteiger partial charge in [-0.1, -0.05) is 36.4 Å². The van der Waals surface area contributed by atoms with Crippen molar-refractivity contribution in [3.05, 3.63) is 71.8 Å². The second-order valence-electron chi connectivity index (χ2n) is 4.55. The maximum absolute atomic E-state index is 12.0. The van der Waals surface area contributed by atoms with Crippen molar-refractivity contribution in [3.8, 4) is 5.88 Å². The maximum Gasteiger partial charge on any atom is 0.344 e. The van der Waals surface area contributed by atoms with Crippen LogP contribution in [-0.4, -0.2) is 11.0 Å². The number of fused-ring (bicyclic) bond motifs is 1. The zero-order chi connectivity index (χ0) is 13.9. The predicted molar refractivity (Wildman–Crippen MR) is 77.9 cm³/mol. The van der Waals surface area contributed by atoms with Crippen molar-refractivity contribution in [3.63, 3.8) is 0 Å². The van der Waals surface area contributed by atoms with Crippen LogP contribution in [0.4, 0.5) is 0 Å². The van der Waals surface area contributed by atoms with E-state index in [2.05, 4.69) is 4.98 Å². The number of rotatable bonds is 2. The Kier molecular flexibility index (Phi) is 3.17. The van der Waals surface area contributed by atoms with Crippen LogP contribution in [0, 0.1) is 6.92 Å². The number of esters is 1. The maximum atomic E-state index is 12.0. The van der Waals surface area contributed by atoms with Gasteiger partial charge in [-0.3, -0.25) is 0 Å². The monoisotopic (exact) mass is 263 g/mol. The van der Waals surface area contributed by atoms with Gasteiger partial charge in [0.2, 0.25) is 5.88 Å². The third-order valence-electron chi connectivity index (χ3n) is 3.11. The standard InChI is InChI=1S/C17H13NO2/c1-12-11-16(18-15-10-6-5-9-14(12)15)20-17(19)13-7-3-2-4-8-13/h2-11H,1H3. The molecule has 98 valence electrons. The minimum Gasteiger partial charge on any atom is -0.404 e. The van der Waals surface area contributed by atoms with E-state index < -0.39 is 5.97 Å². The lowest BCUT2D eigenvalue weighted by molar-refractivity contribution is 0.0728. The van der Waals surface area contributed by atoms with Crippen LogP contribution in [0.5, 0.6) is 5.88 Å². The van der Waals surface area contributed by atoms with Gasteiger partial charge in [0, 0.05) is 11.5 Å². The number of aryl methyl sites for hydroxylation is 1. The van der Waals surface area contributed by atoms with Crippen LogP contribution < -0.4 is 4.74 Å². The van der Waals surface area contributed by atoms with E-state index in [0.717, 1.165) is 16.5 Å².